The van der Waals surface area contributed by atoms with Crippen LogP contribution >= 0.6 is 11.8 Å². The van der Waals surface area contributed by atoms with Crippen molar-refractivity contribution in [2.75, 3.05) is 5.75 Å². The number of fused-ring (bicyclic) bond motifs is 1. The maximum atomic E-state index is 12.5. The molecule has 1 aliphatic rings. The lowest BCUT2D eigenvalue weighted by atomic mass is 10.2. The fourth-order valence-electron chi connectivity index (χ4n) is 2.95. The van der Waals surface area contributed by atoms with Gasteiger partial charge in [0.2, 0.25) is 0 Å². The summed E-state index contributed by atoms with van der Waals surface area (Å²) in [6.45, 7) is 1.45. The summed E-state index contributed by atoms with van der Waals surface area (Å²) in [6.07, 6.45) is 2.02. The molecule has 0 radical (unpaired) electrons. The second-order valence-corrected chi connectivity index (χ2v) is 6.83. The molecule has 1 amide bonds. The van der Waals surface area contributed by atoms with Gasteiger partial charge < -0.3 is 14.5 Å². The van der Waals surface area contributed by atoms with Crippen molar-refractivity contribution in [2.45, 2.75) is 18.2 Å². The molecule has 3 aromatic rings. The third-order valence-electron chi connectivity index (χ3n) is 4.21. The van der Waals surface area contributed by atoms with Crippen LogP contribution in [0.25, 0.3) is 11.3 Å². The fraction of sp³-hybridized carbons (Fsp3) is 0.222. The molecule has 0 saturated heterocycles. The summed E-state index contributed by atoms with van der Waals surface area (Å²) in [4.78, 5) is 17.0. The molecule has 1 N–H and O–H groups in total. The number of thioether (sulfide) groups is 1. The van der Waals surface area contributed by atoms with Crippen molar-refractivity contribution in [3.63, 3.8) is 0 Å². The number of carbonyl (C=O) groups excluding carboxylic acids is 1. The monoisotopic (exact) mass is 338 g/mol. The quantitative estimate of drug-likeness (QED) is 0.796. The van der Waals surface area contributed by atoms with Gasteiger partial charge in [0.1, 0.15) is 5.69 Å². The van der Waals surface area contributed by atoms with Crippen molar-refractivity contribution in [3.05, 3.63) is 60.0 Å². The van der Waals surface area contributed by atoms with Crippen molar-refractivity contribution in [1.82, 2.24) is 19.4 Å². The zero-order valence-electron chi connectivity index (χ0n) is 13.4. The fourth-order valence-corrected chi connectivity index (χ4v) is 3.91. The number of imidazole rings is 1. The summed E-state index contributed by atoms with van der Waals surface area (Å²) in [5.41, 5.74) is 3.68. The van der Waals surface area contributed by atoms with Gasteiger partial charge in [0.25, 0.3) is 5.91 Å². The molecule has 0 saturated carbocycles. The first-order valence-electron chi connectivity index (χ1n) is 7.90. The number of aryl methyl sites for hydroxylation is 1. The van der Waals surface area contributed by atoms with Crippen molar-refractivity contribution < 1.29 is 4.79 Å². The average molecular weight is 338 g/mol. The lowest BCUT2D eigenvalue weighted by Gasteiger charge is -2.08. The number of nitrogens with zero attached hydrogens (tertiary/aromatic N) is 3. The molecule has 122 valence electrons. The number of benzene rings is 1. The highest BCUT2D eigenvalue weighted by Crippen LogP contribution is 2.24. The van der Waals surface area contributed by atoms with Gasteiger partial charge in [-0.2, -0.15) is 0 Å². The summed E-state index contributed by atoms with van der Waals surface area (Å²) in [5, 5.41) is 4.01. The Labute approximate surface area is 144 Å². The van der Waals surface area contributed by atoms with Gasteiger partial charge in [-0.1, -0.05) is 42.1 Å². The van der Waals surface area contributed by atoms with Crippen LogP contribution < -0.4 is 5.32 Å². The molecule has 0 unspecified atom stereocenters. The third-order valence-corrected chi connectivity index (χ3v) is 5.18. The molecule has 3 heterocycles. The SMILES string of the molecule is Cn1c(C(=O)NCc2cn3c(n2)SCC3)ccc1-c1ccccc1. The van der Waals surface area contributed by atoms with E-state index < -0.39 is 0 Å². The largest absolute Gasteiger partial charge is 0.345 e. The predicted octanol–water partition coefficient (Wildman–Crippen LogP) is 2.92. The maximum Gasteiger partial charge on any atom is 0.268 e. The first-order valence-corrected chi connectivity index (χ1v) is 8.89. The topological polar surface area (TPSA) is 51.9 Å². The Balaban J connectivity index is 1.47. The van der Waals surface area contributed by atoms with Gasteiger partial charge in [0, 0.05) is 31.2 Å². The summed E-state index contributed by atoms with van der Waals surface area (Å²) >= 11 is 1.76. The van der Waals surface area contributed by atoms with E-state index >= 15 is 0 Å². The number of nitrogens with one attached hydrogen (secondary N) is 1. The standard InChI is InChI=1S/C18H18N4OS/c1-21-15(13-5-3-2-4-6-13)7-8-16(21)17(23)19-11-14-12-22-9-10-24-18(22)20-14/h2-8,12H,9-11H2,1H3,(H,19,23). The first kappa shape index (κ1) is 15.1. The molecule has 0 bridgehead atoms. The maximum absolute atomic E-state index is 12.5. The zero-order valence-corrected chi connectivity index (χ0v) is 14.2. The lowest BCUT2D eigenvalue weighted by Crippen LogP contribution is -2.25. The Morgan fingerprint density at radius 2 is 2.08 bits per heavy atom. The van der Waals surface area contributed by atoms with Crippen LogP contribution in [0.3, 0.4) is 0 Å². The van der Waals surface area contributed by atoms with Gasteiger partial charge in [-0.05, 0) is 17.7 Å². The molecular formula is C18H18N4OS. The van der Waals surface area contributed by atoms with Crippen LogP contribution in [0.2, 0.25) is 0 Å². The number of carbonyl (C=O) groups is 1. The van der Waals surface area contributed by atoms with Gasteiger partial charge in [0.05, 0.1) is 12.2 Å². The van der Waals surface area contributed by atoms with E-state index in [0.717, 1.165) is 34.4 Å². The first-order chi connectivity index (χ1) is 11.7. The van der Waals surface area contributed by atoms with Gasteiger partial charge in [-0.3, -0.25) is 4.79 Å². The van der Waals surface area contributed by atoms with E-state index in [1.807, 2.05) is 60.3 Å². The van der Waals surface area contributed by atoms with Gasteiger partial charge >= 0.3 is 0 Å². The zero-order chi connectivity index (χ0) is 16.5. The number of rotatable bonds is 4. The Morgan fingerprint density at radius 1 is 1.25 bits per heavy atom. The molecule has 0 atom stereocenters. The highest BCUT2D eigenvalue weighted by molar-refractivity contribution is 7.99. The van der Waals surface area contributed by atoms with Gasteiger partial charge in [0.15, 0.2) is 5.16 Å². The molecule has 0 aliphatic carbocycles. The van der Waals surface area contributed by atoms with Crippen molar-refractivity contribution >= 4 is 17.7 Å². The van der Waals surface area contributed by atoms with Crippen LogP contribution in [0.5, 0.6) is 0 Å². The number of hydrogen-bond donors (Lipinski definition) is 1. The molecule has 2 aromatic heterocycles. The Kier molecular flexibility index (Phi) is 3.90. The summed E-state index contributed by atoms with van der Waals surface area (Å²) in [5.74, 6) is 1.00. The van der Waals surface area contributed by atoms with Crippen LogP contribution in [0.1, 0.15) is 16.2 Å². The second kappa shape index (κ2) is 6.20. The average Bonchev–Trinajstić information content (AvgIpc) is 3.28. The highest BCUT2D eigenvalue weighted by Gasteiger charge is 2.16. The Bertz CT molecular complexity index is 860. The van der Waals surface area contributed by atoms with E-state index in [0.29, 0.717) is 12.2 Å². The van der Waals surface area contributed by atoms with Gasteiger partial charge in [-0.15, -0.1) is 0 Å². The molecule has 0 spiro atoms. The number of aromatic nitrogens is 3. The molecular weight excluding hydrogens is 320 g/mol. The molecule has 1 aliphatic heterocycles. The molecule has 5 nitrogen and oxygen atoms in total. The van der Waals surface area contributed by atoms with Crippen LogP contribution in [0, 0.1) is 0 Å². The van der Waals surface area contributed by atoms with Crippen molar-refractivity contribution in [3.8, 4) is 11.3 Å². The third kappa shape index (κ3) is 2.73. The molecule has 24 heavy (non-hydrogen) atoms. The van der Waals surface area contributed by atoms with E-state index in [2.05, 4.69) is 14.9 Å². The normalized spacial score (nSPS) is 13.0. The molecule has 6 heteroatoms. The molecule has 1 aromatic carbocycles. The lowest BCUT2D eigenvalue weighted by molar-refractivity contribution is 0.0942. The Morgan fingerprint density at radius 3 is 2.88 bits per heavy atom. The highest BCUT2D eigenvalue weighted by atomic mass is 32.2. The summed E-state index contributed by atoms with van der Waals surface area (Å²) < 4.78 is 4.07. The van der Waals surface area contributed by atoms with Gasteiger partial charge in [-0.25, -0.2) is 4.98 Å². The van der Waals surface area contributed by atoms with E-state index in [1.165, 1.54) is 0 Å². The molecule has 0 fully saturated rings. The number of amides is 1. The van der Waals surface area contributed by atoms with E-state index in [4.69, 9.17) is 0 Å². The van der Waals surface area contributed by atoms with Crippen molar-refractivity contribution in [1.29, 1.82) is 0 Å². The minimum absolute atomic E-state index is 0.0829. The number of hydrogen-bond acceptors (Lipinski definition) is 3. The van der Waals surface area contributed by atoms with E-state index in [9.17, 15) is 4.79 Å². The minimum atomic E-state index is -0.0829. The van der Waals surface area contributed by atoms with Crippen LogP contribution in [-0.2, 0) is 20.1 Å². The summed E-state index contributed by atoms with van der Waals surface area (Å²) in [6, 6.07) is 13.9. The minimum Gasteiger partial charge on any atom is -0.345 e. The smallest absolute Gasteiger partial charge is 0.268 e. The Hall–Kier alpha value is -2.47. The summed E-state index contributed by atoms with van der Waals surface area (Å²) in [7, 11) is 1.92. The van der Waals surface area contributed by atoms with Crippen LogP contribution in [0.15, 0.2) is 53.8 Å². The predicted molar refractivity (Wildman–Crippen MR) is 95.0 cm³/mol. The van der Waals surface area contributed by atoms with Crippen LogP contribution in [-0.4, -0.2) is 25.8 Å². The molecule has 4 rings (SSSR count). The van der Waals surface area contributed by atoms with E-state index in [1.54, 1.807) is 11.8 Å². The second-order valence-electron chi connectivity index (χ2n) is 5.77. The van der Waals surface area contributed by atoms with Crippen LogP contribution in [0.4, 0.5) is 0 Å². The van der Waals surface area contributed by atoms with Crippen molar-refractivity contribution in [2.24, 2.45) is 7.05 Å². The van der Waals surface area contributed by atoms with E-state index in [-0.39, 0.29) is 5.91 Å².